The molecule has 5 heteroatoms. The van der Waals surface area contributed by atoms with Gasteiger partial charge in [0.2, 0.25) is 5.88 Å². The second kappa shape index (κ2) is 6.59. The lowest BCUT2D eigenvalue weighted by molar-refractivity contribution is 0.566. The Balaban J connectivity index is 1.85. The van der Waals surface area contributed by atoms with Gasteiger partial charge in [-0.3, -0.25) is 0 Å². The molecule has 5 rings (SSSR count). The first-order chi connectivity index (χ1) is 13.7. The maximum Gasteiger partial charge on any atom is 0.348 e. The van der Waals surface area contributed by atoms with E-state index in [1.165, 1.54) is 0 Å². The molecular weight excluding hydrogens is 374 g/mol. The molecule has 0 amide bonds. The van der Waals surface area contributed by atoms with E-state index >= 15 is 0 Å². The normalized spacial score (nSPS) is 11.2. The van der Waals surface area contributed by atoms with Crippen molar-refractivity contribution >= 4 is 45.1 Å². The predicted octanol–water partition coefficient (Wildman–Crippen LogP) is 6.60. The lowest BCUT2D eigenvalue weighted by Crippen LogP contribution is -2.00. The summed E-state index contributed by atoms with van der Waals surface area (Å²) in [6.45, 7) is 0. The van der Waals surface area contributed by atoms with E-state index in [1.54, 1.807) is 18.2 Å². The molecule has 0 atom stereocenters. The standard InChI is InChI=1S/C23H14ClNO3/c24-15-12-10-14(11-13-15)19-20-21(17-8-4-5-9-18(17)27-23(20)26)28-22(19)25-16-6-2-1-3-7-16/h1-13,25H. The molecule has 4 nitrogen and oxygen atoms in total. The zero-order valence-corrected chi connectivity index (χ0v) is 15.4. The highest BCUT2D eigenvalue weighted by atomic mass is 35.5. The summed E-state index contributed by atoms with van der Waals surface area (Å²) in [6, 6.07) is 24.3. The molecule has 2 aromatic heterocycles. The van der Waals surface area contributed by atoms with E-state index < -0.39 is 5.63 Å². The lowest BCUT2D eigenvalue weighted by Gasteiger charge is -2.06. The Morgan fingerprint density at radius 3 is 2.29 bits per heavy atom. The Morgan fingerprint density at radius 1 is 0.786 bits per heavy atom. The van der Waals surface area contributed by atoms with Gasteiger partial charge in [-0.2, -0.15) is 0 Å². The SMILES string of the molecule is O=c1oc2ccccc2c2oc(Nc3ccccc3)c(-c3ccc(Cl)cc3)c12. The number of para-hydroxylation sites is 2. The fraction of sp³-hybridized carbons (Fsp3) is 0. The lowest BCUT2D eigenvalue weighted by atomic mass is 10.0. The third kappa shape index (κ3) is 2.75. The van der Waals surface area contributed by atoms with Gasteiger partial charge in [0.05, 0.1) is 10.9 Å². The summed E-state index contributed by atoms with van der Waals surface area (Å²) >= 11 is 6.05. The van der Waals surface area contributed by atoms with Crippen molar-refractivity contribution in [3.05, 3.63) is 94.3 Å². The number of anilines is 2. The number of nitrogens with one attached hydrogen (secondary N) is 1. The molecule has 0 radical (unpaired) electrons. The van der Waals surface area contributed by atoms with E-state index in [0.717, 1.165) is 16.6 Å². The molecule has 0 saturated heterocycles. The molecule has 28 heavy (non-hydrogen) atoms. The first kappa shape index (κ1) is 16.7. The number of hydrogen-bond acceptors (Lipinski definition) is 4. The van der Waals surface area contributed by atoms with Crippen LogP contribution in [-0.2, 0) is 0 Å². The van der Waals surface area contributed by atoms with Crippen LogP contribution >= 0.6 is 11.6 Å². The summed E-state index contributed by atoms with van der Waals surface area (Å²) in [5.41, 5.74) is 2.85. The van der Waals surface area contributed by atoms with Gasteiger partial charge in [0.15, 0.2) is 5.58 Å². The minimum atomic E-state index is -0.441. The number of halogens is 1. The molecule has 0 saturated carbocycles. The van der Waals surface area contributed by atoms with Gasteiger partial charge in [-0.25, -0.2) is 4.79 Å². The molecule has 0 aliphatic carbocycles. The molecule has 3 aromatic carbocycles. The van der Waals surface area contributed by atoms with E-state index in [1.807, 2.05) is 60.7 Å². The first-order valence-corrected chi connectivity index (χ1v) is 9.15. The van der Waals surface area contributed by atoms with E-state index in [9.17, 15) is 4.79 Å². The topological polar surface area (TPSA) is 55.4 Å². The molecule has 136 valence electrons. The highest BCUT2D eigenvalue weighted by molar-refractivity contribution is 6.30. The molecule has 0 fully saturated rings. The Hall–Kier alpha value is -3.50. The van der Waals surface area contributed by atoms with E-state index in [2.05, 4.69) is 5.32 Å². The third-order valence-electron chi connectivity index (χ3n) is 4.61. The van der Waals surface area contributed by atoms with Crippen LogP contribution in [0.3, 0.4) is 0 Å². The van der Waals surface area contributed by atoms with Crippen molar-refractivity contribution in [3.8, 4) is 11.1 Å². The van der Waals surface area contributed by atoms with Crippen molar-refractivity contribution in [1.82, 2.24) is 0 Å². The van der Waals surface area contributed by atoms with Gasteiger partial charge in [0, 0.05) is 10.7 Å². The minimum absolute atomic E-state index is 0.402. The second-order valence-corrected chi connectivity index (χ2v) is 6.83. The van der Waals surface area contributed by atoms with Gasteiger partial charge < -0.3 is 14.2 Å². The maximum absolute atomic E-state index is 12.8. The minimum Gasteiger partial charge on any atom is -0.439 e. The zero-order valence-electron chi connectivity index (χ0n) is 14.6. The molecule has 0 aliphatic heterocycles. The highest BCUT2D eigenvalue weighted by Gasteiger charge is 2.22. The summed E-state index contributed by atoms with van der Waals surface area (Å²) < 4.78 is 11.7. The highest BCUT2D eigenvalue weighted by Crippen LogP contribution is 2.41. The van der Waals surface area contributed by atoms with Crippen LogP contribution in [-0.4, -0.2) is 0 Å². The van der Waals surface area contributed by atoms with Crippen molar-refractivity contribution in [1.29, 1.82) is 0 Å². The van der Waals surface area contributed by atoms with Crippen LogP contribution in [0.25, 0.3) is 33.1 Å². The van der Waals surface area contributed by atoms with Gasteiger partial charge in [0.1, 0.15) is 11.0 Å². The van der Waals surface area contributed by atoms with Crippen LogP contribution in [0, 0.1) is 0 Å². The summed E-state index contributed by atoms with van der Waals surface area (Å²) in [5.74, 6) is 0.479. The van der Waals surface area contributed by atoms with Crippen molar-refractivity contribution in [2.45, 2.75) is 0 Å². The molecule has 0 bridgehead atoms. The molecule has 0 unspecified atom stereocenters. The predicted molar refractivity (Wildman–Crippen MR) is 112 cm³/mol. The Labute approximate surface area is 165 Å². The zero-order chi connectivity index (χ0) is 19.1. The van der Waals surface area contributed by atoms with Crippen molar-refractivity contribution in [2.75, 3.05) is 5.32 Å². The fourth-order valence-electron chi connectivity index (χ4n) is 3.34. The van der Waals surface area contributed by atoms with Crippen molar-refractivity contribution < 1.29 is 8.83 Å². The van der Waals surface area contributed by atoms with Crippen molar-refractivity contribution in [3.63, 3.8) is 0 Å². The largest absolute Gasteiger partial charge is 0.439 e. The third-order valence-corrected chi connectivity index (χ3v) is 4.86. The molecule has 0 spiro atoms. The van der Waals surface area contributed by atoms with Crippen LogP contribution in [0.15, 0.2) is 92.5 Å². The second-order valence-electron chi connectivity index (χ2n) is 6.39. The summed E-state index contributed by atoms with van der Waals surface area (Å²) in [6.07, 6.45) is 0. The van der Waals surface area contributed by atoms with E-state index in [-0.39, 0.29) is 0 Å². The van der Waals surface area contributed by atoms with Crippen LogP contribution in [0.4, 0.5) is 11.6 Å². The first-order valence-electron chi connectivity index (χ1n) is 8.77. The number of benzene rings is 3. The molecule has 0 aliphatic rings. The van der Waals surface area contributed by atoms with Gasteiger partial charge in [-0.05, 0) is 42.0 Å². The van der Waals surface area contributed by atoms with Gasteiger partial charge in [-0.15, -0.1) is 0 Å². The molecule has 2 heterocycles. The quantitative estimate of drug-likeness (QED) is 0.354. The smallest absolute Gasteiger partial charge is 0.348 e. The summed E-state index contributed by atoms with van der Waals surface area (Å²) in [7, 11) is 0. The Bertz CT molecular complexity index is 1350. The summed E-state index contributed by atoms with van der Waals surface area (Å²) in [5, 5.41) is 5.05. The van der Waals surface area contributed by atoms with E-state index in [4.69, 9.17) is 20.4 Å². The average Bonchev–Trinajstić information content (AvgIpc) is 3.09. The van der Waals surface area contributed by atoms with Gasteiger partial charge >= 0.3 is 5.63 Å². The molecule has 5 aromatic rings. The summed E-state index contributed by atoms with van der Waals surface area (Å²) in [4.78, 5) is 12.8. The fourth-order valence-corrected chi connectivity index (χ4v) is 3.47. The van der Waals surface area contributed by atoms with Crippen LogP contribution in [0.5, 0.6) is 0 Å². The van der Waals surface area contributed by atoms with Crippen LogP contribution in [0.2, 0.25) is 5.02 Å². The Kier molecular flexibility index (Phi) is 3.92. The average molecular weight is 388 g/mol. The number of hydrogen-bond donors (Lipinski definition) is 1. The molecular formula is C23H14ClNO3. The van der Waals surface area contributed by atoms with E-state index in [0.29, 0.717) is 33.0 Å². The number of rotatable bonds is 3. The van der Waals surface area contributed by atoms with Crippen LogP contribution in [0.1, 0.15) is 0 Å². The number of fused-ring (bicyclic) bond motifs is 3. The maximum atomic E-state index is 12.8. The van der Waals surface area contributed by atoms with Crippen LogP contribution < -0.4 is 10.9 Å². The molecule has 1 N–H and O–H groups in total. The van der Waals surface area contributed by atoms with Crippen molar-refractivity contribution in [2.24, 2.45) is 0 Å². The monoisotopic (exact) mass is 387 g/mol. The number of furan rings is 1. The van der Waals surface area contributed by atoms with Gasteiger partial charge in [0.25, 0.3) is 0 Å². The van der Waals surface area contributed by atoms with Gasteiger partial charge in [-0.1, -0.05) is 54.1 Å². The Morgan fingerprint density at radius 2 is 1.50 bits per heavy atom.